The number of imidazole rings is 1. The monoisotopic (exact) mass is 510 g/mol. The largest absolute Gasteiger partial charge is 0.337 e. The third kappa shape index (κ3) is 3.78. The molecule has 0 spiro atoms. The van der Waals surface area contributed by atoms with E-state index in [2.05, 4.69) is 69.5 Å². The van der Waals surface area contributed by atoms with Crippen LogP contribution in [0.25, 0.3) is 17.1 Å². The number of aromatic nitrogens is 2. The maximum absolute atomic E-state index is 4.69. The quantitative estimate of drug-likeness (QED) is 0.401. The zero-order valence-corrected chi connectivity index (χ0v) is 17.9. The van der Waals surface area contributed by atoms with Gasteiger partial charge < -0.3 is 4.57 Å². The van der Waals surface area contributed by atoms with Crippen LogP contribution in [0.1, 0.15) is 56.4 Å². The van der Waals surface area contributed by atoms with Gasteiger partial charge in [-0.25, -0.2) is 0 Å². The first kappa shape index (κ1) is 19.6. The summed E-state index contributed by atoms with van der Waals surface area (Å²) < 4.78 is 2.30. The van der Waals surface area contributed by atoms with Gasteiger partial charge in [-0.1, -0.05) is 45.9 Å². The summed E-state index contributed by atoms with van der Waals surface area (Å²) in [6, 6.07) is 18.0. The molecule has 1 radical (unpaired) electrons. The standard InChI is InChI=1S/C22H25N2.Ir/c1-15(2)19-12-9-13-20(16(3)4)21(19)24-17(5)14-23-22(24)18-10-7-6-8-11-18;/h6-10,12-16H,1-5H3;/q-1;. The predicted octanol–water partition coefficient (Wildman–Crippen LogP) is 5.89. The Balaban J connectivity index is 0.00000225. The van der Waals surface area contributed by atoms with Crippen molar-refractivity contribution in [2.45, 2.75) is 46.5 Å². The third-order valence-electron chi connectivity index (χ3n) is 4.45. The number of para-hydroxylation sites is 1. The predicted molar refractivity (Wildman–Crippen MR) is 101 cm³/mol. The molecule has 0 N–H and O–H groups in total. The molecule has 3 rings (SSSR count). The van der Waals surface area contributed by atoms with Gasteiger partial charge >= 0.3 is 0 Å². The molecule has 0 aliphatic carbocycles. The van der Waals surface area contributed by atoms with Crippen molar-refractivity contribution in [2.24, 2.45) is 0 Å². The van der Waals surface area contributed by atoms with Crippen LogP contribution < -0.4 is 0 Å². The molecule has 133 valence electrons. The Kier molecular flexibility index (Phi) is 6.37. The number of hydrogen-bond acceptors (Lipinski definition) is 1. The molecule has 0 bridgehead atoms. The molecule has 2 aromatic carbocycles. The van der Waals surface area contributed by atoms with Crippen LogP contribution in [0, 0.1) is 13.0 Å². The first-order chi connectivity index (χ1) is 11.5. The van der Waals surface area contributed by atoms with E-state index in [0.29, 0.717) is 11.8 Å². The van der Waals surface area contributed by atoms with E-state index >= 15 is 0 Å². The number of nitrogens with zero attached hydrogens (tertiary/aromatic N) is 2. The topological polar surface area (TPSA) is 17.8 Å². The summed E-state index contributed by atoms with van der Waals surface area (Å²) in [5.41, 5.74) is 6.18. The first-order valence-corrected chi connectivity index (χ1v) is 8.65. The fraction of sp³-hybridized carbons (Fsp3) is 0.318. The fourth-order valence-electron chi connectivity index (χ4n) is 3.21. The summed E-state index contributed by atoms with van der Waals surface area (Å²) in [6.07, 6.45) is 1.96. The third-order valence-corrected chi connectivity index (χ3v) is 4.45. The molecule has 0 fully saturated rings. The average Bonchev–Trinajstić information content (AvgIpc) is 2.96. The molecule has 0 saturated carbocycles. The molecule has 25 heavy (non-hydrogen) atoms. The van der Waals surface area contributed by atoms with Gasteiger partial charge in [-0.05, 0) is 29.9 Å². The van der Waals surface area contributed by atoms with Gasteiger partial charge in [-0.2, -0.15) is 0 Å². The summed E-state index contributed by atoms with van der Waals surface area (Å²) in [5.74, 6) is 1.87. The van der Waals surface area contributed by atoms with Crippen molar-refractivity contribution in [3.63, 3.8) is 0 Å². The Morgan fingerprint density at radius 1 is 0.920 bits per heavy atom. The minimum absolute atomic E-state index is 0. The number of benzene rings is 2. The van der Waals surface area contributed by atoms with E-state index < -0.39 is 0 Å². The molecular formula is C22H25IrN2-. The second-order valence-electron chi connectivity index (χ2n) is 6.93. The molecule has 0 aliphatic heterocycles. The molecule has 0 unspecified atom stereocenters. The SMILES string of the molecule is Cc1cnc(-c2[c-]cccc2)n1-c1c(C(C)C)cccc1C(C)C.[Ir]. The van der Waals surface area contributed by atoms with Crippen LogP contribution in [0.4, 0.5) is 0 Å². The molecule has 1 heterocycles. The minimum Gasteiger partial charge on any atom is -0.337 e. The summed E-state index contributed by atoms with van der Waals surface area (Å²) in [4.78, 5) is 4.69. The van der Waals surface area contributed by atoms with E-state index in [-0.39, 0.29) is 20.1 Å². The summed E-state index contributed by atoms with van der Waals surface area (Å²) in [5, 5.41) is 0. The van der Waals surface area contributed by atoms with Crippen LogP contribution in [0.3, 0.4) is 0 Å². The van der Waals surface area contributed by atoms with Gasteiger partial charge in [0.2, 0.25) is 0 Å². The summed E-state index contributed by atoms with van der Waals surface area (Å²) >= 11 is 0. The van der Waals surface area contributed by atoms with Gasteiger partial charge in [0.1, 0.15) is 0 Å². The minimum atomic E-state index is 0. The van der Waals surface area contributed by atoms with Crippen molar-refractivity contribution in [2.75, 3.05) is 0 Å². The second-order valence-corrected chi connectivity index (χ2v) is 6.93. The van der Waals surface area contributed by atoms with Crippen LogP contribution >= 0.6 is 0 Å². The number of aryl methyl sites for hydroxylation is 1. The molecule has 3 aromatic rings. The Hall–Kier alpha value is -1.70. The van der Waals surface area contributed by atoms with Crippen molar-refractivity contribution >= 4 is 0 Å². The molecule has 0 saturated heterocycles. The van der Waals surface area contributed by atoms with Crippen molar-refractivity contribution in [1.82, 2.24) is 9.55 Å². The zero-order chi connectivity index (χ0) is 17.3. The molecule has 3 heteroatoms. The maximum Gasteiger partial charge on any atom is 0.0605 e. The van der Waals surface area contributed by atoms with E-state index in [9.17, 15) is 0 Å². The van der Waals surface area contributed by atoms with Crippen molar-refractivity contribution in [3.8, 4) is 17.1 Å². The normalized spacial score (nSPS) is 11.0. The fourth-order valence-corrected chi connectivity index (χ4v) is 3.21. The van der Waals surface area contributed by atoms with Gasteiger partial charge in [-0.3, -0.25) is 4.98 Å². The smallest absolute Gasteiger partial charge is 0.0605 e. The van der Waals surface area contributed by atoms with Crippen LogP contribution in [0.2, 0.25) is 0 Å². The molecule has 0 atom stereocenters. The van der Waals surface area contributed by atoms with Crippen molar-refractivity contribution in [3.05, 3.63) is 71.5 Å². The van der Waals surface area contributed by atoms with E-state index in [1.54, 1.807) is 0 Å². The van der Waals surface area contributed by atoms with E-state index in [1.807, 2.05) is 24.4 Å². The maximum atomic E-state index is 4.69. The first-order valence-electron chi connectivity index (χ1n) is 8.65. The number of rotatable bonds is 4. The van der Waals surface area contributed by atoms with Gasteiger partial charge in [0.25, 0.3) is 0 Å². The Morgan fingerprint density at radius 2 is 1.56 bits per heavy atom. The van der Waals surface area contributed by atoms with Gasteiger partial charge in [0, 0.05) is 37.7 Å². The summed E-state index contributed by atoms with van der Waals surface area (Å²) in [6.45, 7) is 11.1. The Morgan fingerprint density at radius 3 is 2.08 bits per heavy atom. The second kappa shape index (κ2) is 8.12. The number of hydrogen-bond donors (Lipinski definition) is 0. The van der Waals surface area contributed by atoms with Crippen molar-refractivity contribution in [1.29, 1.82) is 0 Å². The van der Waals surface area contributed by atoms with Gasteiger partial charge in [-0.15, -0.1) is 35.9 Å². The van der Waals surface area contributed by atoms with E-state index in [0.717, 1.165) is 17.1 Å². The van der Waals surface area contributed by atoms with Gasteiger partial charge in [0.15, 0.2) is 0 Å². The van der Waals surface area contributed by atoms with Crippen LogP contribution in [0.5, 0.6) is 0 Å². The van der Waals surface area contributed by atoms with E-state index in [1.165, 1.54) is 16.8 Å². The molecule has 1 aromatic heterocycles. The van der Waals surface area contributed by atoms with E-state index in [4.69, 9.17) is 4.98 Å². The molecular weight excluding hydrogens is 484 g/mol. The zero-order valence-electron chi connectivity index (χ0n) is 15.5. The molecule has 0 amide bonds. The van der Waals surface area contributed by atoms with Gasteiger partial charge in [0.05, 0.1) is 5.82 Å². The Bertz CT molecular complexity index is 806. The average molecular weight is 510 g/mol. The summed E-state index contributed by atoms with van der Waals surface area (Å²) in [7, 11) is 0. The van der Waals surface area contributed by atoms with Crippen LogP contribution in [0.15, 0.2) is 48.7 Å². The molecule has 0 aliphatic rings. The molecule has 2 nitrogen and oxygen atoms in total. The Labute approximate surface area is 164 Å². The van der Waals surface area contributed by atoms with Crippen LogP contribution in [-0.2, 0) is 20.1 Å². The van der Waals surface area contributed by atoms with Crippen molar-refractivity contribution < 1.29 is 20.1 Å². The van der Waals surface area contributed by atoms with Crippen LogP contribution in [-0.4, -0.2) is 9.55 Å².